The molecule has 0 saturated heterocycles. The van der Waals surface area contributed by atoms with Crippen LogP contribution in [0.5, 0.6) is 0 Å². The molecule has 0 fully saturated rings. The third-order valence-electron chi connectivity index (χ3n) is 2.32. The maximum Gasteiger partial charge on any atom is 0.170 e. The molecule has 4 nitrogen and oxygen atoms in total. The minimum atomic E-state index is 0.451. The van der Waals surface area contributed by atoms with E-state index in [2.05, 4.69) is 15.0 Å². The van der Waals surface area contributed by atoms with Gasteiger partial charge in [-0.15, -0.1) is 0 Å². The van der Waals surface area contributed by atoms with Crippen molar-refractivity contribution >= 4 is 34.4 Å². The molecule has 0 spiro atoms. The van der Waals surface area contributed by atoms with E-state index in [1.807, 2.05) is 19.2 Å². The fraction of sp³-hybridized carbons (Fsp3) is 0.0833. The summed E-state index contributed by atoms with van der Waals surface area (Å²) < 4.78 is 0. The Kier molecular flexibility index (Phi) is 3.35. The van der Waals surface area contributed by atoms with Crippen molar-refractivity contribution in [2.75, 3.05) is 7.05 Å². The Morgan fingerprint density at radius 2 is 2.24 bits per heavy atom. The Balaban J connectivity index is 2.57. The van der Waals surface area contributed by atoms with Crippen LogP contribution in [0.15, 0.2) is 30.6 Å². The smallest absolute Gasteiger partial charge is 0.170 e. The van der Waals surface area contributed by atoms with Gasteiger partial charge in [0, 0.05) is 18.0 Å². The van der Waals surface area contributed by atoms with Crippen molar-refractivity contribution in [2.24, 2.45) is 5.73 Å². The van der Waals surface area contributed by atoms with Crippen LogP contribution in [0, 0.1) is 0 Å². The van der Waals surface area contributed by atoms with Crippen LogP contribution in [-0.4, -0.2) is 23.2 Å². The van der Waals surface area contributed by atoms with Crippen LogP contribution in [0.25, 0.3) is 16.6 Å². The summed E-state index contributed by atoms with van der Waals surface area (Å²) in [6.45, 7) is 0. The standard InChI is InChI=1S/C12H11ClN4/c1-15-6-9(5-14)8-4-11-10(16-7-8)2-3-12(13)17-11/h2-7H,14H2,1H3/p+1. The number of pyridine rings is 2. The number of nitrogens with zero attached hydrogens (tertiary/aromatic N) is 2. The van der Waals surface area contributed by atoms with Crippen molar-refractivity contribution in [1.29, 1.82) is 0 Å². The lowest BCUT2D eigenvalue weighted by atomic mass is 10.1. The van der Waals surface area contributed by atoms with Crippen molar-refractivity contribution in [3.05, 3.63) is 41.3 Å². The van der Waals surface area contributed by atoms with E-state index in [-0.39, 0.29) is 0 Å². The molecule has 5 heteroatoms. The van der Waals surface area contributed by atoms with Gasteiger partial charge in [-0.2, -0.15) is 0 Å². The Labute approximate surface area is 104 Å². The van der Waals surface area contributed by atoms with E-state index in [4.69, 9.17) is 17.3 Å². The molecule has 0 radical (unpaired) electrons. The lowest BCUT2D eigenvalue weighted by molar-refractivity contribution is -0.412. The van der Waals surface area contributed by atoms with E-state index in [0.717, 1.165) is 22.2 Å². The fourth-order valence-electron chi connectivity index (χ4n) is 1.52. The zero-order chi connectivity index (χ0) is 12.3. The van der Waals surface area contributed by atoms with Crippen molar-refractivity contribution in [3.63, 3.8) is 0 Å². The molecule has 17 heavy (non-hydrogen) atoms. The second kappa shape index (κ2) is 4.93. The summed E-state index contributed by atoms with van der Waals surface area (Å²) in [6, 6.07) is 5.46. The Morgan fingerprint density at radius 1 is 1.41 bits per heavy atom. The summed E-state index contributed by atoms with van der Waals surface area (Å²) in [7, 11) is 1.81. The molecular weight excluding hydrogens is 236 g/mol. The number of rotatable bonds is 2. The molecule has 2 rings (SSSR count). The molecule has 0 atom stereocenters. The van der Waals surface area contributed by atoms with Crippen LogP contribution < -0.4 is 10.7 Å². The molecule has 0 unspecified atom stereocenters. The van der Waals surface area contributed by atoms with Crippen LogP contribution >= 0.6 is 11.6 Å². The minimum absolute atomic E-state index is 0.451. The number of nitrogens with two attached hydrogens (primary N) is 1. The van der Waals surface area contributed by atoms with Gasteiger partial charge in [-0.3, -0.25) is 9.98 Å². The maximum atomic E-state index is 5.85. The van der Waals surface area contributed by atoms with E-state index in [9.17, 15) is 0 Å². The summed E-state index contributed by atoms with van der Waals surface area (Å²) in [6.07, 6.45) is 5.07. The fourth-order valence-corrected chi connectivity index (χ4v) is 1.68. The van der Waals surface area contributed by atoms with Gasteiger partial charge < -0.3 is 5.73 Å². The Morgan fingerprint density at radius 3 is 2.94 bits per heavy atom. The zero-order valence-corrected chi connectivity index (χ0v) is 10.1. The predicted octanol–water partition coefficient (Wildman–Crippen LogP) is 0.364. The third-order valence-corrected chi connectivity index (χ3v) is 2.53. The number of aromatic nitrogens is 2. The number of hydrogen-bond donors (Lipinski definition) is 2. The molecule has 86 valence electrons. The lowest BCUT2D eigenvalue weighted by Crippen LogP contribution is -2.63. The largest absolute Gasteiger partial charge is 0.404 e. The van der Waals surface area contributed by atoms with Gasteiger partial charge >= 0.3 is 0 Å². The van der Waals surface area contributed by atoms with Gasteiger partial charge in [-0.05, 0) is 18.2 Å². The topological polar surface area (TPSA) is 65.8 Å². The highest BCUT2D eigenvalue weighted by Crippen LogP contribution is 2.17. The average molecular weight is 248 g/mol. The molecule has 0 aliphatic rings. The minimum Gasteiger partial charge on any atom is -0.404 e. The van der Waals surface area contributed by atoms with Gasteiger partial charge in [-0.25, -0.2) is 4.98 Å². The first kappa shape index (κ1) is 11.5. The van der Waals surface area contributed by atoms with Crippen LogP contribution in [0.3, 0.4) is 0 Å². The maximum absolute atomic E-state index is 5.85. The summed E-state index contributed by atoms with van der Waals surface area (Å²) >= 11 is 5.85. The van der Waals surface area contributed by atoms with Gasteiger partial charge in [0.1, 0.15) is 12.2 Å². The highest BCUT2D eigenvalue weighted by atomic mass is 35.5. The van der Waals surface area contributed by atoms with Crippen LogP contribution in [-0.2, 0) is 0 Å². The molecule has 0 saturated carbocycles. The number of fused-ring (bicyclic) bond motifs is 1. The Bertz CT molecular complexity index is 604. The van der Waals surface area contributed by atoms with E-state index in [1.165, 1.54) is 6.20 Å². The highest BCUT2D eigenvalue weighted by Gasteiger charge is 2.04. The second-order valence-corrected chi connectivity index (χ2v) is 3.84. The van der Waals surface area contributed by atoms with E-state index < -0.39 is 0 Å². The molecule has 0 aliphatic heterocycles. The summed E-state index contributed by atoms with van der Waals surface area (Å²) in [5, 5.41) is 0.451. The van der Waals surface area contributed by atoms with Gasteiger partial charge in [0.2, 0.25) is 0 Å². The molecule has 0 amide bonds. The average Bonchev–Trinajstić information content (AvgIpc) is 2.35. The second-order valence-electron chi connectivity index (χ2n) is 3.45. The number of allylic oxidation sites excluding steroid dienone is 1. The van der Waals surface area contributed by atoms with Crippen molar-refractivity contribution < 1.29 is 4.99 Å². The number of halogens is 1. The highest BCUT2D eigenvalue weighted by molar-refractivity contribution is 6.29. The molecule has 2 aromatic heterocycles. The number of hydrogen-bond acceptors (Lipinski definition) is 3. The van der Waals surface area contributed by atoms with Crippen LogP contribution in [0.4, 0.5) is 0 Å². The Hall–Kier alpha value is -1.94. The molecule has 0 aliphatic carbocycles. The predicted molar refractivity (Wildman–Crippen MR) is 69.7 cm³/mol. The molecular formula is C12H12ClN4+. The zero-order valence-electron chi connectivity index (χ0n) is 9.31. The lowest BCUT2D eigenvalue weighted by Gasteiger charge is -2.01. The van der Waals surface area contributed by atoms with Gasteiger partial charge in [0.05, 0.1) is 16.6 Å². The number of nitrogens with one attached hydrogen (secondary N) is 1. The van der Waals surface area contributed by atoms with Gasteiger partial charge in [-0.1, -0.05) is 11.6 Å². The first-order valence-corrected chi connectivity index (χ1v) is 5.47. The first-order valence-electron chi connectivity index (χ1n) is 5.09. The van der Waals surface area contributed by atoms with E-state index in [0.29, 0.717) is 5.15 Å². The SMILES string of the molecule is C[NH+]=CC(=CN)c1cnc2ccc(Cl)nc2c1. The summed E-state index contributed by atoms with van der Waals surface area (Å²) in [4.78, 5) is 11.5. The van der Waals surface area contributed by atoms with Crippen molar-refractivity contribution in [3.8, 4) is 0 Å². The van der Waals surface area contributed by atoms with Crippen molar-refractivity contribution in [1.82, 2.24) is 9.97 Å². The monoisotopic (exact) mass is 247 g/mol. The summed E-state index contributed by atoms with van der Waals surface area (Å²) in [5.41, 5.74) is 8.85. The summed E-state index contributed by atoms with van der Waals surface area (Å²) in [5.74, 6) is 0. The van der Waals surface area contributed by atoms with Gasteiger partial charge in [0.25, 0.3) is 0 Å². The molecule has 3 N–H and O–H groups in total. The van der Waals surface area contributed by atoms with Crippen LogP contribution in [0.1, 0.15) is 5.56 Å². The third kappa shape index (κ3) is 2.42. The molecule has 2 aromatic rings. The molecule has 2 heterocycles. The molecule has 0 aromatic carbocycles. The van der Waals surface area contributed by atoms with Gasteiger partial charge in [0.15, 0.2) is 6.21 Å². The van der Waals surface area contributed by atoms with E-state index >= 15 is 0 Å². The quantitative estimate of drug-likeness (QED) is 0.595. The molecule has 0 bridgehead atoms. The van der Waals surface area contributed by atoms with E-state index in [1.54, 1.807) is 18.5 Å². The first-order chi connectivity index (χ1) is 8.24. The van der Waals surface area contributed by atoms with Crippen molar-refractivity contribution in [2.45, 2.75) is 0 Å². The normalized spacial score (nSPS) is 12.5. The van der Waals surface area contributed by atoms with Crippen LogP contribution in [0.2, 0.25) is 5.15 Å².